The van der Waals surface area contributed by atoms with Gasteiger partial charge < -0.3 is 18.8 Å². The molecule has 0 saturated carbocycles. The van der Waals surface area contributed by atoms with E-state index in [1.165, 1.54) is 0 Å². The zero-order valence-electron chi connectivity index (χ0n) is 16.9. The molecule has 0 bridgehead atoms. The average Bonchev–Trinajstić information content (AvgIpc) is 3.22. The van der Waals surface area contributed by atoms with Gasteiger partial charge in [0.15, 0.2) is 5.76 Å². The smallest absolute Gasteiger partial charge is 0.290 e. The monoisotopic (exact) mass is 402 g/mol. The molecule has 6 heteroatoms. The lowest BCUT2D eigenvalue weighted by Crippen LogP contribution is -2.29. The van der Waals surface area contributed by atoms with E-state index < -0.39 is 0 Å². The Balaban J connectivity index is 1.64. The van der Waals surface area contributed by atoms with E-state index >= 15 is 0 Å². The van der Waals surface area contributed by atoms with Crippen molar-refractivity contribution in [3.8, 4) is 11.5 Å². The second kappa shape index (κ2) is 8.69. The molecule has 4 rings (SSSR count). The molecule has 0 atom stereocenters. The number of pyridine rings is 1. The lowest BCUT2D eigenvalue weighted by atomic mass is 10.1. The summed E-state index contributed by atoms with van der Waals surface area (Å²) in [7, 11) is 3.24. The van der Waals surface area contributed by atoms with Crippen LogP contribution in [-0.4, -0.2) is 30.0 Å². The quantitative estimate of drug-likeness (QED) is 0.449. The third-order valence-corrected chi connectivity index (χ3v) is 4.85. The van der Waals surface area contributed by atoms with E-state index in [1.54, 1.807) is 43.6 Å². The molecule has 30 heavy (non-hydrogen) atoms. The highest BCUT2D eigenvalue weighted by Crippen LogP contribution is 2.26. The molecule has 4 aromatic rings. The van der Waals surface area contributed by atoms with Crippen LogP contribution < -0.4 is 9.47 Å². The van der Waals surface area contributed by atoms with Crippen molar-refractivity contribution in [1.29, 1.82) is 0 Å². The van der Waals surface area contributed by atoms with Crippen LogP contribution in [0.4, 0.5) is 0 Å². The van der Waals surface area contributed by atoms with Crippen LogP contribution in [-0.2, 0) is 13.1 Å². The van der Waals surface area contributed by atoms with Crippen LogP contribution in [0.1, 0.15) is 21.7 Å². The predicted octanol–water partition coefficient (Wildman–Crippen LogP) is 4.69. The summed E-state index contributed by atoms with van der Waals surface area (Å²) in [5, 5.41) is 0.823. The van der Waals surface area contributed by atoms with E-state index in [1.807, 2.05) is 48.5 Å². The number of hydrogen-bond acceptors (Lipinski definition) is 5. The van der Waals surface area contributed by atoms with Crippen molar-refractivity contribution in [3.05, 3.63) is 89.9 Å². The zero-order chi connectivity index (χ0) is 20.9. The minimum Gasteiger partial charge on any atom is -0.497 e. The fourth-order valence-electron chi connectivity index (χ4n) is 3.27. The molecule has 0 N–H and O–H groups in total. The van der Waals surface area contributed by atoms with E-state index in [0.29, 0.717) is 24.4 Å². The van der Waals surface area contributed by atoms with E-state index in [-0.39, 0.29) is 11.7 Å². The van der Waals surface area contributed by atoms with Gasteiger partial charge in [-0.25, -0.2) is 0 Å². The van der Waals surface area contributed by atoms with Crippen LogP contribution in [0.3, 0.4) is 0 Å². The molecule has 0 aliphatic rings. The Morgan fingerprint density at radius 2 is 1.67 bits per heavy atom. The molecular weight excluding hydrogens is 380 g/mol. The maximum Gasteiger partial charge on any atom is 0.290 e. The highest BCUT2D eigenvalue weighted by molar-refractivity contribution is 5.96. The van der Waals surface area contributed by atoms with E-state index in [2.05, 4.69) is 4.98 Å². The van der Waals surface area contributed by atoms with Crippen molar-refractivity contribution in [2.45, 2.75) is 13.1 Å². The Morgan fingerprint density at radius 3 is 2.37 bits per heavy atom. The van der Waals surface area contributed by atoms with Gasteiger partial charge in [0.2, 0.25) is 0 Å². The van der Waals surface area contributed by atoms with E-state index in [4.69, 9.17) is 13.9 Å². The number of furan rings is 1. The Bertz CT molecular complexity index is 1140. The Hall–Kier alpha value is -3.80. The molecule has 2 heterocycles. The molecule has 2 aromatic carbocycles. The summed E-state index contributed by atoms with van der Waals surface area (Å²) in [6.07, 6.45) is 3.48. The Morgan fingerprint density at radius 1 is 0.933 bits per heavy atom. The molecule has 0 aliphatic carbocycles. The summed E-state index contributed by atoms with van der Waals surface area (Å²) in [4.78, 5) is 19.3. The first-order chi connectivity index (χ1) is 14.7. The normalized spacial score (nSPS) is 10.7. The van der Waals surface area contributed by atoms with Gasteiger partial charge in [0, 0.05) is 30.9 Å². The van der Waals surface area contributed by atoms with Gasteiger partial charge in [0.05, 0.1) is 14.2 Å². The highest BCUT2D eigenvalue weighted by Gasteiger charge is 2.21. The number of carbonyl (C=O) groups is 1. The Kier molecular flexibility index (Phi) is 5.66. The first kappa shape index (κ1) is 19.5. The van der Waals surface area contributed by atoms with Gasteiger partial charge in [-0.1, -0.05) is 18.2 Å². The molecule has 0 radical (unpaired) electrons. The van der Waals surface area contributed by atoms with Gasteiger partial charge in [0.25, 0.3) is 5.91 Å². The second-order valence-corrected chi connectivity index (χ2v) is 6.88. The minimum absolute atomic E-state index is 0.190. The number of carbonyl (C=O) groups excluding carboxylic acids is 1. The first-order valence-electron chi connectivity index (χ1n) is 9.55. The highest BCUT2D eigenvalue weighted by atomic mass is 16.5. The van der Waals surface area contributed by atoms with E-state index in [0.717, 1.165) is 22.3 Å². The van der Waals surface area contributed by atoms with Crippen LogP contribution in [0.15, 0.2) is 77.5 Å². The Labute approximate surface area is 174 Å². The number of nitrogens with zero attached hydrogens (tertiary/aromatic N) is 2. The molecule has 0 spiro atoms. The summed E-state index contributed by atoms with van der Waals surface area (Å²) in [6.45, 7) is 0.844. The summed E-state index contributed by atoms with van der Waals surface area (Å²) in [6, 6.07) is 18.7. The number of rotatable bonds is 7. The maximum absolute atomic E-state index is 13.4. The number of methoxy groups -OCH3 is 2. The van der Waals surface area contributed by atoms with Crippen molar-refractivity contribution in [3.63, 3.8) is 0 Å². The molecular formula is C24H22N2O4. The van der Waals surface area contributed by atoms with Crippen LogP contribution in [0.2, 0.25) is 0 Å². The van der Waals surface area contributed by atoms with Crippen molar-refractivity contribution >= 4 is 16.9 Å². The van der Waals surface area contributed by atoms with Crippen LogP contribution >= 0.6 is 0 Å². The van der Waals surface area contributed by atoms with Gasteiger partial charge in [-0.05, 0) is 53.6 Å². The number of hydrogen-bond donors (Lipinski definition) is 0. The fourth-order valence-corrected chi connectivity index (χ4v) is 3.27. The van der Waals surface area contributed by atoms with Crippen LogP contribution in [0.5, 0.6) is 11.5 Å². The predicted molar refractivity (Wildman–Crippen MR) is 114 cm³/mol. The van der Waals surface area contributed by atoms with Crippen molar-refractivity contribution in [2.24, 2.45) is 0 Å². The molecule has 2 aromatic heterocycles. The zero-order valence-corrected chi connectivity index (χ0v) is 16.9. The van der Waals surface area contributed by atoms with Crippen molar-refractivity contribution in [2.75, 3.05) is 14.2 Å². The van der Waals surface area contributed by atoms with Gasteiger partial charge in [-0.2, -0.15) is 0 Å². The SMILES string of the molecule is COc1ccc(CN(Cc2cccnc2)C(=O)c2cc3cc(OC)ccc3o2)cc1. The molecule has 0 aliphatic heterocycles. The number of amides is 1. The number of fused-ring (bicyclic) bond motifs is 1. The number of aromatic nitrogens is 1. The minimum atomic E-state index is -0.190. The summed E-state index contributed by atoms with van der Waals surface area (Å²) in [5.74, 6) is 1.59. The maximum atomic E-state index is 13.4. The van der Waals surface area contributed by atoms with Gasteiger partial charge in [0.1, 0.15) is 17.1 Å². The van der Waals surface area contributed by atoms with Crippen LogP contribution in [0, 0.1) is 0 Å². The van der Waals surface area contributed by atoms with Gasteiger partial charge in [-0.3, -0.25) is 9.78 Å². The largest absolute Gasteiger partial charge is 0.497 e. The number of ether oxygens (including phenoxy) is 2. The van der Waals surface area contributed by atoms with Crippen molar-refractivity contribution < 1.29 is 18.7 Å². The molecule has 0 saturated heterocycles. The van der Waals surface area contributed by atoms with Crippen molar-refractivity contribution in [1.82, 2.24) is 9.88 Å². The fraction of sp³-hybridized carbons (Fsp3) is 0.167. The lowest BCUT2D eigenvalue weighted by molar-refractivity contribution is 0.0700. The van der Waals surface area contributed by atoms with Crippen LogP contribution in [0.25, 0.3) is 11.0 Å². The first-order valence-corrected chi connectivity index (χ1v) is 9.55. The summed E-state index contributed by atoms with van der Waals surface area (Å²) in [5.41, 5.74) is 2.58. The summed E-state index contributed by atoms with van der Waals surface area (Å²) < 4.78 is 16.3. The summed E-state index contributed by atoms with van der Waals surface area (Å²) >= 11 is 0. The van der Waals surface area contributed by atoms with Gasteiger partial charge in [-0.15, -0.1) is 0 Å². The van der Waals surface area contributed by atoms with E-state index in [9.17, 15) is 4.79 Å². The second-order valence-electron chi connectivity index (χ2n) is 6.88. The number of benzene rings is 2. The molecule has 0 fully saturated rings. The molecule has 6 nitrogen and oxygen atoms in total. The van der Waals surface area contributed by atoms with Gasteiger partial charge >= 0.3 is 0 Å². The standard InChI is InChI=1S/C24H22N2O4/c1-28-20-7-5-17(6-8-20)15-26(16-18-4-3-11-25-14-18)24(27)23-13-19-12-21(29-2)9-10-22(19)30-23/h3-14H,15-16H2,1-2H3. The third kappa shape index (κ3) is 4.27. The molecule has 1 amide bonds. The lowest BCUT2D eigenvalue weighted by Gasteiger charge is -2.22. The topological polar surface area (TPSA) is 64.8 Å². The molecule has 152 valence electrons. The average molecular weight is 402 g/mol. The third-order valence-electron chi connectivity index (χ3n) is 4.85. The molecule has 0 unspecified atom stereocenters.